The van der Waals surface area contributed by atoms with Crippen LogP contribution in [0.3, 0.4) is 0 Å². The minimum absolute atomic E-state index is 0.0157. The van der Waals surface area contributed by atoms with Crippen LogP contribution in [0.4, 0.5) is 11.4 Å². The molecule has 0 spiro atoms. The predicted molar refractivity (Wildman–Crippen MR) is 96.7 cm³/mol. The number of hydrogen-bond acceptors (Lipinski definition) is 4. The number of rotatable bonds is 4. The van der Waals surface area contributed by atoms with Crippen LogP contribution >= 0.6 is 0 Å². The maximum atomic E-state index is 12.5. The molecule has 1 saturated heterocycles. The Kier molecular flexibility index (Phi) is 5.11. The monoisotopic (exact) mass is 324 g/mol. The molecular weight excluding hydrogens is 300 g/mol. The highest BCUT2D eigenvalue weighted by molar-refractivity contribution is 5.92. The zero-order chi connectivity index (χ0) is 16.9. The summed E-state index contributed by atoms with van der Waals surface area (Å²) in [4.78, 5) is 20.9. The second-order valence-corrected chi connectivity index (χ2v) is 6.20. The lowest BCUT2D eigenvalue weighted by Gasteiger charge is -2.32. The molecule has 2 aromatic rings. The van der Waals surface area contributed by atoms with Gasteiger partial charge >= 0.3 is 0 Å². The van der Waals surface area contributed by atoms with E-state index in [-0.39, 0.29) is 5.91 Å². The topological polar surface area (TPSA) is 48.5 Å². The molecule has 0 unspecified atom stereocenters. The van der Waals surface area contributed by atoms with Gasteiger partial charge in [-0.2, -0.15) is 0 Å². The SMILES string of the molecule is CCc1ccc(Nc2ccc(C(=O)N3CCN(C)CC3)nc2)cc1. The number of likely N-dealkylation sites (N-methyl/N-ethyl adjacent to an activating group) is 1. The molecule has 0 saturated carbocycles. The van der Waals surface area contributed by atoms with E-state index in [4.69, 9.17) is 0 Å². The number of benzene rings is 1. The lowest BCUT2D eigenvalue weighted by atomic mass is 10.1. The van der Waals surface area contributed by atoms with Gasteiger partial charge in [0.15, 0.2) is 0 Å². The van der Waals surface area contributed by atoms with Crippen LogP contribution in [0.5, 0.6) is 0 Å². The fraction of sp³-hybridized carbons (Fsp3) is 0.368. The van der Waals surface area contributed by atoms with Crippen LogP contribution in [0.25, 0.3) is 0 Å². The molecule has 0 radical (unpaired) electrons. The molecule has 1 amide bonds. The normalized spacial score (nSPS) is 15.3. The number of anilines is 2. The Balaban J connectivity index is 1.63. The van der Waals surface area contributed by atoms with Crippen LogP contribution in [0.1, 0.15) is 23.0 Å². The van der Waals surface area contributed by atoms with Crippen molar-refractivity contribution < 1.29 is 4.79 Å². The standard InChI is InChI=1S/C19H24N4O/c1-3-15-4-6-16(7-5-15)21-17-8-9-18(20-14-17)19(24)23-12-10-22(2)11-13-23/h4-9,14,21H,3,10-13H2,1-2H3. The summed E-state index contributed by atoms with van der Waals surface area (Å²) in [5, 5.41) is 3.31. The Hall–Kier alpha value is -2.40. The van der Waals surface area contributed by atoms with Gasteiger partial charge in [0.1, 0.15) is 5.69 Å². The van der Waals surface area contributed by atoms with Gasteiger partial charge in [-0.05, 0) is 43.3 Å². The van der Waals surface area contributed by atoms with Gasteiger partial charge < -0.3 is 15.1 Å². The number of nitrogens with one attached hydrogen (secondary N) is 1. The summed E-state index contributed by atoms with van der Waals surface area (Å²) in [5.41, 5.74) is 3.72. The minimum Gasteiger partial charge on any atom is -0.354 e. The second kappa shape index (κ2) is 7.45. The van der Waals surface area contributed by atoms with Crippen molar-refractivity contribution >= 4 is 17.3 Å². The van der Waals surface area contributed by atoms with Crippen molar-refractivity contribution in [1.82, 2.24) is 14.8 Å². The van der Waals surface area contributed by atoms with Gasteiger partial charge in [-0.25, -0.2) is 4.98 Å². The summed E-state index contributed by atoms with van der Waals surface area (Å²) in [6, 6.07) is 12.0. The van der Waals surface area contributed by atoms with Gasteiger partial charge in [0.2, 0.25) is 0 Å². The Morgan fingerprint density at radius 1 is 1.04 bits per heavy atom. The molecule has 1 fully saturated rings. The molecule has 24 heavy (non-hydrogen) atoms. The van der Waals surface area contributed by atoms with E-state index in [1.165, 1.54) is 5.56 Å². The van der Waals surface area contributed by atoms with Crippen LogP contribution in [0.15, 0.2) is 42.6 Å². The average Bonchev–Trinajstić information content (AvgIpc) is 2.63. The zero-order valence-corrected chi connectivity index (χ0v) is 14.3. The summed E-state index contributed by atoms with van der Waals surface area (Å²) >= 11 is 0. The predicted octanol–water partition coefficient (Wildman–Crippen LogP) is 2.78. The van der Waals surface area contributed by atoms with Crippen molar-refractivity contribution in [3.63, 3.8) is 0 Å². The van der Waals surface area contributed by atoms with Crippen LogP contribution in [0, 0.1) is 0 Å². The maximum absolute atomic E-state index is 12.5. The molecule has 1 aliphatic rings. The summed E-state index contributed by atoms with van der Waals surface area (Å²) in [7, 11) is 2.08. The highest BCUT2D eigenvalue weighted by atomic mass is 16.2. The first-order chi connectivity index (χ1) is 11.7. The van der Waals surface area contributed by atoms with Crippen LogP contribution in [-0.2, 0) is 6.42 Å². The molecular formula is C19H24N4O. The fourth-order valence-corrected chi connectivity index (χ4v) is 2.76. The molecule has 0 bridgehead atoms. The molecule has 1 N–H and O–H groups in total. The van der Waals surface area contributed by atoms with Gasteiger partial charge in [0.25, 0.3) is 5.91 Å². The third kappa shape index (κ3) is 3.92. The van der Waals surface area contributed by atoms with Gasteiger partial charge in [-0.1, -0.05) is 19.1 Å². The first kappa shape index (κ1) is 16.5. The van der Waals surface area contributed by atoms with Crippen LogP contribution in [0.2, 0.25) is 0 Å². The second-order valence-electron chi connectivity index (χ2n) is 6.20. The number of nitrogens with zero attached hydrogens (tertiary/aromatic N) is 3. The fourth-order valence-electron chi connectivity index (χ4n) is 2.76. The van der Waals surface area contributed by atoms with Crippen molar-refractivity contribution in [3.8, 4) is 0 Å². The molecule has 0 atom stereocenters. The van der Waals surface area contributed by atoms with Gasteiger partial charge in [0.05, 0.1) is 11.9 Å². The molecule has 2 heterocycles. The van der Waals surface area contributed by atoms with E-state index in [1.807, 2.05) is 11.0 Å². The Morgan fingerprint density at radius 3 is 2.29 bits per heavy atom. The van der Waals surface area contributed by atoms with Crippen molar-refractivity contribution in [2.24, 2.45) is 0 Å². The van der Waals surface area contributed by atoms with E-state index < -0.39 is 0 Å². The van der Waals surface area contributed by atoms with E-state index in [2.05, 4.69) is 53.4 Å². The van der Waals surface area contributed by atoms with Crippen LogP contribution < -0.4 is 5.32 Å². The minimum atomic E-state index is 0.0157. The van der Waals surface area contributed by atoms with Crippen molar-refractivity contribution in [3.05, 3.63) is 53.9 Å². The van der Waals surface area contributed by atoms with Gasteiger partial charge in [0, 0.05) is 31.9 Å². The van der Waals surface area contributed by atoms with E-state index in [0.717, 1.165) is 44.0 Å². The quantitative estimate of drug-likeness (QED) is 0.939. The third-order valence-corrected chi connectivity index (χ3v) is 4.42. The Bertz CT molecular complexity index is 674. The number of hydrogen-bond donors (Lipinski definition) is 1. The number of carbonyl (C=O) groups excluding carboxylic acids is 1. The van der Waals surface area contributed by atoms with E-state index >= 15 is 0 Å². The average molecular weight is 324 g/mol. The summed E-state index contributed by atoms with van der Waals surface area (Å²) < 4.78 is 0. The molecule has 5 nitrogen and oxygen atoms in total. The molecule has 1 aromatic carbocycles. The molecule has 126 valence electrons. The highest BCUT2D eigenvalue weighted by Crippen LogP contribution is 2.17. The Morgan fingerprint density at radius 2 is 1.71 bits per heavy atom. The summed E-state index contributed by atoms with van der Waals surface area (Å²) in [6.07, 6.45) is 2.75. The molecule has 3 rings (SSSR count). The van der Waals surface area contributed by atoms with Crippen molar-refractivity contribution in [2.45, 2.75) is 13.3 Å². The first-order valence-electron chi connectivity index (χ1n) is 8.45. The number of piperazine rings is 1. The molecule has 5 heteroatoms. The zero-order valence-electron chi connectivity index (χ0n) is 14.3. The summed E-state index contributed by atoms with van der Waals surface area (Å²) in [6.45, 7) is 5.50. The number of amides is 1. The van der Waals surface area contributed by atoms with Crippen molar-refractivity contribution in [2.75, 3.05) is 38.5 Å². The van der Waals surface area contributed by atoms with E-state index in [0.29, 0.717) is 5.69 Å². The number of pyridine rings is 1. The lowest BCUT2D eigenvalue weighted by molar-refractivity contribution is 0.0658. The smallest absolute Gasteiger partial charge is 0.272 e. The summed E-state index contributed by atoms with van der Waals surface area (Å²) in [5.74, 6) is 0.0157. The van der Waals surface area contributed by atoms with Gasteiger partial charge in [-0.15, -0.1) is 0 Å². The van der Waals surface area contributed by atoms with Gasteiger partial charge in [-0.3, -0.25) is 4.79 Å². The Labute approximate surface area is 143 Å². The largest absolute Gasteiger partial charge is 0.354 e. The number of aryl methyl sites for hydroxylation is 1. The maximum Gasteiger partial charge on any atom is 0.272 e. The van der Waals surface area contributed by atoms with E-state index in [9.17, 15) is 4.79 Å². The highest BCUT2D eigenvalue weighted by Gasteiger charge is 2.21. The number of carbonyl (C=O) groups is 1. The molecule has 0 aliphatic carbocycles. The third-order valence-electron chi connectivity index (χ3n) is 4.42. The first-order valence-corrected chi connectivity index (χ1v) is 8.45. The lowest BCUT2D eigenvalue weighted by Crippen LogP contribution is -2.47. The number of aromatic nitrogens is 1. The van der Waals surface area contributed by atoms with E-state index in [1.54, 1.807) is 12.3 Å². The van der Waals surface area contributed by atoms with Crippen molar-refractivity contribution in [1.29, 1.82) is 0 Å². The van der Waals surface area contributed by atoms with Crippen LogP contribution in [-0.4, -0.2) is 53.9 Å². The molecule has 1 aromatic heterocycles. The molecule has 1 aliphatic heterocycles.